The number of hydrogen-bond acceptors (Lipinski definition) is 3. The Hall–Kier alpha value is 0.270. The zero-order chi connectivity index (χ0) is 11.7. The van der Waals surface area contributed by atoms with Gasteiger partial charge in [0.2, 0.25) is 0 Å². The standard InChI is InChI=1S/C14H24O2S/c17-14-7-6-12(13(14)15-9-8-14)16-10-11-4-2-1-3-5-11/h11-13,17H,1-10H2/t12-,13-,14+/m1/s1. The first-order chi connectivity index (χ1) is 8.28. The van der Waals surface area contributed by atoms with Gasteiger partial charge in [-0.2, -0.15) is 12.6 Å². The molecule has 98 valence electrons. The molecular formula is C14H24O2S. The first-order valence-electron chi connectivity index (χ1n) is 7.23. The van der Waals surface area contributed by atoms with Gasteiger partial charge in [0.25, 0.3) is 0 Å². The predicted octanol–water partition coefficient (Wildman–Crippen LogP) is 3.20. The average Bonchev–Trinajstić information content (AvgIpc) is 2.85. The largest absolute Gasteiger partial charge is 0.375 e. The van der Waals surface area contributed by atoms with Crippen molar-refractivity contribution in [3.63, 3.8) is 0 Å². The van der Waals surface area contributed by atoms with Gasteiger partial charge in [-0.25, -0.2) is 0 Å². The molecule has 3 fully saturated rings. The molecule has 3 rings (SSSR count). The molecule has 2 aliphatic carbocycles. The highest BCUT2D eigenvalue weighted by Gasteiger charge is 2.51. The molecule has 0 N–H and O–H groups in total. The van der Waals surface area contributed by atoms with Gasteiger partial charge in [0.1, 0.15) is 0 Å². The monoisotopic (exact) mass is 256 g/mol. The summed E-state index contributed by atoms with van der Waals surface area (Å²) in [6.07, 6.45) is 10.9. The third-order valence-electron chi connectivity index (χ3n) is 4.83. The fraction of sp³-hybridized carbons (Fsp3) is 1.00. The van der Waals surface area contributed by atoms with Crippen LogP contribution < -0.4 is 0 Å². The summed E-state index contributed by atoms with van der Waals surface area (Å²) in [5, 5.41) is 0. The number of rotatable bonds is 3. The van der Waals surface area contributed by atoms with Crippen molar-refractivity contribution in [3.8, 4) is 0 Å². The van der Waals surface area contributed by atoms with Gasteiger partial charge in [-0.1, -0.05) is 19.3 Å². The molecule has 0 aromatic carbocycles. The zero-order valence-electron chi connectivity index (χ0n) is 10.6. The van der Waals surface area contributed by atoms with Crippen molar-refractivity contribution in [2.45, 2.75) is 68.3 Å². The molecule has 0 unspecified atom stereocenters. The maximum Gasteiger partial charge on any atom is 0.0981 e. The van der Waals surface area contributed by atoms with Crippen LogP contribution in [0.15, 0.2) is 0 Å². The summed E-state index contributed by atoms with van der Waals surface area (Å²) in [5.74, 6) is 0.806. The van der Waals surface area contributed by atoms with Crippen LogP contribution in [0.3, 0.4) is 0 Å². The lowest BCUT2D eigenvalue weighted by molar-refractivity contribution is -0.0514. The SMILES string of the molecule is S[C@@]12CCO[C@@H]1[C@H](OCC1CCCCC1)CC2. The third-order valence-corrected chi connectivity index (χ3v) is 5.53. The number of thiol groups is 1. The lowest BCUT2D eigenvalue weighted by Gasteiger charge is -2.27. The summed E-state index contributed by atoms with van der Waals surface area (Å²) >= 11 is 4.81. The molecule has 1 aliphatic heterocycles. The summed E-state index contributed by atoms with van der Waals surface area (Å²) in [6, 6.07) is 0. The Morgan fingerprint density at radius 3 is 2.76 bits per heavy atom. The molecule has 0 bridgehead atoms. The third kappa shape index (κ3) is 2.52. The molecule has 3 atom stereocenters. The van der Waals surface area contributed by atoms with Crippen LogP contribution in [0.2, 0.25) is 0 Å². The molecule has 17 heavy (non-hydrogen) atoms. The van der Waals surface area contributed by atoms with Gasteiger partial charge < -0.3 is 9.47 Å². The van der Waals surface area contributed by atoms with E-state index in [1.165, 1.54) is 32.1 Å². The Bertz CT molecular complexity index is 265. The van der Waals surface area contributed by atoms with Crippen LogP contribution in [0.25, 0.3) is 0 Å². The maximum atomic E-state index is 6.15. The van der Waals surface area contributed by atoms with Crippen LogP contribution in [0.4, 0.5) is 0 Å². The number of hydrogen-bond donors (Lipinski definition) is 1. The molecule has 0 radical (unpaired) electrons. The van der Waals surface area contributed by atoms with Crippen LogP contribution in [-0.4, -0.2) is 30.2 Å². The van der Waals surface area contributed by atoms with E-state index in [2.05, 4.69) is 0 Å². The van der Waals surface area contributed by atoms with E-state index in [1.54, 1.807) is 0 Å². The quantitative estimate of drug-likeness (QED) is 0.782. The highest BCUT2D eigenvalue weighted by molar-refractivity contribution is 7.81. The van der Waals surface area contributed by atoms with Crippen molar-refractivity contribution in [3.05, 3.63) is 0 Å². The van der Waals surface area contributed by atoms with Gasteiger partial charge in [0, 0.05) is 18.0 Å². The Kier molecular flexibility index (Phi) is 3.69. The molecule has 3 aliphatic rings. The van der Waals surface area contributed by atoms with Crippen molar-refractivity contribution in [2.75, 3.05) is 13.2 Å². The molecule has 3 heteroatoms. The van der Waals surface area contributed by atoms with Crippen molar-refractivity contribution in [2.24, 2.45) is 5.92 Å². The second-order valence-electron chi connectivity index (χ2n) is 6.06. The van der Waals surface area contributed by atoms with Crippen LogP contribution >= 0.6 is 12.6 Å². The lowest BCUT2D eigenvalue weighted by Crippen LogP contribution is -2.35. The predicted molar refractivity (Wildman–Crippen MR) is 71.6 cm³/mol. The van der Waals surface area contributed by atoms with Crippen LogP contribution in [0, 0.1) is 5.92 Å². The van der Waals surface area contributed by atoms with Crippen LogP contribution in [0.5, 0.6) is 0 Å². The van der Waals surface area contributed by atoms with Gasteiger partial charge >= 0.3 is 0 Å². The van der Waals surface area contributed by atoms with Crippen LogP contribution in [-0.2, 0) is 9.47 Å². The van der Waals surface area contributed by atoms with Crippen molar-refractivity contribution in [1.29, 1.82) is 0 Å². The Morgan fingerprint density at radius 1 is 1.12 bits per heavy atom. The summed E-state index contributed by atoms with van der Waals surface area (Å²) < 4.78 is 12.1. The highest BCUT2D eigenvalue weighted by atomic mass is 32.1. The molecule has 0 spiro atoms. The summed E-state index contributed by atoms with van der Waals surface area (Å²) in [7, 11) is 0. The van der Waals surface area contributed by atoms with Gasteiger partial charge in [0.05, 0.1) is 12.2 Å². The molecule has 1 saturated heterocycles. The number of ether oxygens (including phenoxy) is 2. The van der Waals surface area contributed by atoms with E-state index in [4.69, 9.17) is 22.1 Å². The van der Waals surface area contributed by atoms with Crippen molar-refractivity contribution < 1.29 is 9.47 Å². The smallest absolute Gasteiger partial charge is 0.0981 e. The lowest BCUT2D eigenvalue weighted by atomic mass is 9.90. The topological polar surface area (TPSA) is 18.5 Å². The molecule has 1 heterocycles. The summed E-state index contributed by atoms with van der Waals surface area (Å²) in [5.41, 5.74) is 0. The molecule has 2 nitrogen and oxygen atoms in total. The molecule has 0 amide bonds. The fourth-order valence-electron chi connectivity index (χ4n) is 3.71. The van der Waals surface area contributed by atoms with Gasteiger partial charge in [-0.05, 0) is 38.0 Å². The first-order valence-corrected chi connectivity index (χ1v) is 7.68. The second kappa shape index (κ2) is 5.10. The van der Waals surface area contributed by atoms with Crippen molar-refractivity contribution in [1.82, 2.24) is 0 Å². The minimum atomic E-state index is 0.122. The molecule has 2 saturated carbocycles. The van der Waals surface area contributed by atoms with E-state index in [1.807, 2.05) is 0 Å². The normalized spacial score (nSPS) is 42.9. The summed E-state index contributed by atoms with van der Waals surface area (Å²) in [4.78, 5) is 0. The Balaban J connectivity index is 1.49. The second-order valence-corrected chi connectivity index (χ2v) is 6.95. The minimum Gasteiger partial charge on any atom is -0.375 e. The average molecular weight is 256 g/mol. The van der Waals surface area contributed by atoms with Gasteiger partial charge in [0.15, 0.2) is 0 Å². The number of fused-ring (bicyclic) bond motifs is 1. The highest BCUT2D eigenvalue weighted by Crippen LogP contribution is 2.46. The minimum absolute atomic E-state index is 0.122. The maximum absolute atomic E-state index is 6.15. The zero-order valence-corrected chi connectivity index (χ0v) is 11.5. The molecule has 0 aromatic heterocycles. The van der Waals surface area contributed by atoms with E-state index in [9.17, 15) is 0 Å². The Labute approximate surface area is 110 Å². The van der Waals surface area contributed by atoms with Crippen molar-refractivity contribution >= 4 is 12.6 Å². The van der Waals surface area contributed by atoms with E-state index in [-0.39, 0.29) is 10.9 Å². The van der Waals surface area contributed by atoms with Gasteiger partial charge in [-0.15, -0.1) is 0 Å². The van der Waals surface area contributed by atoms with Crippen LogP contribution in [0.1, 0.15) is 51.4 Å². The van der Waals surface area contributed by atoms with E-state index >= 15 is 0 Å². The molecular weight excluding hydrogens is 232 g/mol. The van der Waals surface area contributed by atoms with E-state index < -0.39 is 0 Å². The van der Waals surface area contributed by atoms with E-state index in [0.29, 0.717) is 6.10 Å². The Morgan fingerprint density at radius 2 is 1.94 bits per heavy atom. The first kappa shape index (κ1) is 12.3. The fourth-order valence-corrected chi connectivity index (χ4v) is 4.17. The molecule has 0 aromatic rings. The summed E-state index contributed by atoms with van der Waals surface area (Å²) in [6.45, 7) is 1.83. The van der Waals surface area contributed by atoms with Gasteiger partial charge in [-0.3, -0.25) is 0 Å². The van der Waals surface area contributed by atoms with E-state index in [0.717, 1.165) is 38.4 Å².